The Morgan fingerprint density at radius 1 is 1.27 bits per heavy atom. The summed E-state index contributed by atoms with van der Waals surface area (Å²) in [6, 6.07) is 5.29. The first-order chi connectivity index (χ1) is 7.30. The van der Waals surface area contributed by atoms with Gasteiger partial charge in [0, 0.05) is 6.07 Å². The number of methoxy groups -OCH3 is 2. The number of ether oxygens (including phenoxy) is 2. The van der Waals surface area contributed by atoms with E-state index in [1.54, 1.807) is 25.3 Å². The number of furan rings is 1. The molecular weight excluding hydrogens is 196 g/mol. The third kappa shape index (κ3) is 1.44. The van der Waals surface area contributed by atoms with Gasteiger partial charge in [-0.25, -0.2) is 0 Å². The Kier molecular flexibility index (Phi) is 2.33. The highest BCUT2D eigenvalue weighted by molar-refractivity contribution is 5.93. The summed E-state index contributed by atoms with van der Waals surface area (Å²) < 4.78 is 15.5. The SMILES string of the molecule is COc1ccc2c(OC)c(C=O)oc2c1. The zero-order valence-corrected chi connectivity index (χ0v) is 8.44. The Hall–Kier alpha value is -1.97. The molecule has 0 spiro atoms. The molecule has 0 amide bonds. The van der Waals surface area contributed by atoms with E-state index in [1.807, 2.05) is 0 Å². The number of hydrogen-bond acceptors (Lipinski definition) is 4. The first-order valence-corrected chi connectivity index (χ1v) is 4.40. The second-order valence-electron chi connectivity index (χ2n) is 2.98. The van der Waals surface area contributed by atoms with Gasteiger partial charge in [-0.05, 0) is 12.1 Å². The molecule has 1 aromatic carbocycles. The van der Waals surface area contributed by atoms with Crippen LogP contribution in [0, 0.1) is 0 Å². The summed E-state index contributed by atoms with van der Waals surface area (Å²) in [6.07, 6.45) is 0.630. The molecule has 0 saturated heterocycles. The second kappa shape index (κ2) is 3.65. The molecule has 4 nitrogen and oxygen atoms in total. The average Bonchev–Trinajstić information content (AvgIpc) is 2.65. The van der Waals surface area contributed by atoms with E-state index in [0.717, 1.165) is 5.39 Å². The van der Waals surface area contributed by atoms with Crippen LogP contribution in [0.5, 0.6) is 11.5 Å². The van der Waals surface area contributed by atoms with Gasteiger partial charge in [0.1, 0.15) is 11.3 Å². The van der Waals surface area contributed by atoms with Gasteiger partial charge in [-0.3, -0.25) is 4.79 Å². The fraction of sp³-hybridized carbons (Fsp3) is 0.182. The summed E-state index contributed by atoms with van der Waals surface area (Å²) >= 11 is 0. The molecule has 1 aromatic heterocycles. The van der Waals surface area contributed by atoms with Gasteiger partial charge in [-0.2, -0.15) is 0 Å². The van der Waals surface area contributed by atoms with Crippen LogP contribution in [0.4, 0.5) is 0 Å². The molecule has 0 aliphatic carbocycles. The molecule has 0 atom stereocenters. The minimum absolute atomic E-state index is 0.195. The number of aldehydes is 1. The lowest BCUT2D eigenvalue weighted by Gasteiger charge is -1.98. The molecule has 0 saturated carbocycles. The van der Waals surface area contributed by atoms with Crippen LogP contribution >= 0.6 is 0 Å². The van der Waals surface area contributed by atoms with Gasteiger partial charge in [0.25, 0.3) is 0 Å². The molecule has 1 heterocycles. The lowest BCUT2D eigenvalue weighted by Crippen LogP contribution is -1.85. The molecule has 0 bridgehead atoms. The van der Waals surface area contributed by atoms with E-state index in [0.29, 0.717) is 23.4 Å². The van der Waals surface area contributed by atoms with E-state index in [2.05, 4.69) is 0 Å². The maximum atomic E-state index is 10.7. The first-order valence-electron chi connectivity index (χ1n) is 4.40. The molecule has 0 unspecified atom stereocenters. The number of hydrogen-bond donors (Lipinski definition) is 0. The van der Waals surface area contributed by atoms with E-state index in [9.17, 15) is 4.79 Å². The topological polar surface area (TPSA) is 48.7 Å². The van der Waals surface area contributed by atoms with Crippen molar-refractivity contribution < 1.29 is 18.7 Å². The molecule has 2 rings (SSSR count). The molecule has 15 heavy (non-hydrogen) atoms. The molecule has 0 radical (unpaired) electrons. The quantitative estimate of drug-likeness (QED) is 0.723. The number of fused-ring (bicyclic) bond motifs is 1. The average molecular weight is 206 g/mol. The summed E-state index contributed by atoms with van der Waals surface area (Å²) in [5, 5.41) is 0.764. The van der Waals surface area contributed by atoms with Crippen LogP contribution in [0.1, 0.15) is 10.6 Å². The van der Waals surface area contributed by atoms with Crippen molar-refractivity contribution in [2.75, 3.05) is 14.2 Å². The standard InChI is InChI=1S/C11H10O4/c1-13-7-3-4-8-9(5-7)15-10(6-12)11(8)14-2/h3-6H,1-2H3. The van der Waals surface area contributed by atoms with Crippen LogP contribution in [-0.2, 0) is 0 Å². The maximum absolute atomic E-state index is 10.7. The van der Waals surface area contributed by atoms with Crippen molar-refractivity contribution in [3.05, 3.63) is 24.0 Å². The van der Waals surface area contributed by atoms with Crippen LogP contribution in [0.2, 0.25) is 0 Å². The van der Waals surface area contributed by atoms with Crippen LogP contribution in [-0.4, -0.2) is 20.5 Å². The highest BCUT2D eigenvalue weighted by Gasteiger charge is 2.14. The van der Waals surface area contributed by atoms with Crippen molar-refractivity contribution >= 4 is 17.3 Å². The Morgan fingerprint density at radius 3 is 2.67 bits per heavy atom. The fourth-order valence-electron chi connectivity index (χ4n) is 1.49. The Morgan fingerprint density at radius 2 is 2.07 bits per heavy atom. The van der Waals surface area contributed by atoms with Crippen LogP contribution in [0.3, 0.4) is 0 Å². The Balaban J connectivity index is 2.70. The first kappa shape index (κ1) is 9.58. The predicted octanol–water partition coefficient (Wildman–Crippen LogP) is 2.26. The van der Waals surface area contributed by atoms with Crippen molar-refractivity contribution in [3.8, 4) is 11.5 Å². The van der Waals surface area contributed by atoms with Gasteiger partial charge in [0.05, 0.1) is 19.6 Å². The monoisotopic (exact) mass is 206 g/mol. The number of carbonyl (C=O) groups is 1. The highest BCUT2D eigenvalue weighted by atomic mass is 16.5. The van der Waals surface area contributed by atoms with E-state index < -0.39 is 0 Å². The van der Waals surface area contributed by atoms with E-state index in [1.165, 1.54) is 7.11 Å². The third-order valence-corrected chi connectivity index (χ3v) is 2.19. The van der Waals surface area contributed by atoms with Gasteiger partial charge >= 0.3 is 0 Å². The molecule has 0 N–H and O–H groups in total. The summed E-state index contributed by atoms with van der Waals surface area (Å²) in [5.41, 5.74) is 0.577. The van der Waals surface area contributed by atoms with Crippen LogP contribution in [0.15, 0.2) is 22.6 Å². The zero-order chi connectivity index (χ0) is 10.8. The van der Waals surface area contributed by atoms with Crippen molar-refractivity contribution in [1.82, 2.24) is 0 Å². The molecule has 4 heteroatoms. The van der Waals surface area contributed by atoms with Crippen molar-refractivity contribution in [2.45, 2.75) is 0 Å². The third-order valence-electron chi connectivity index (χ3n) is 2.19. The minimum atomic E-state index is 0.195. The van der Waals surface area contributed by atoms with E-state index in [4.69, 9.17) is 13.9 Å². The van der Waals surface area contributed by atoms with E-state index >= 15 is 0 Å². The predicted molar refractivity (Wildman–Crippen MR) is 54.7 cm³/mol. The minimum Gasteiger partial charge on any atom is -0.497 e. The van der Waals surface area contributed by atoms with Gasteiger partial charge in [0.15, 0.2) is 12.0 Å². The Bertz CT molecular complexity index is 499. The molecule has 78 valence electrons. The molecule has 0 aliphatic rings. The number of carbonyl (C=O) groups excluding carboxylic acids is 1. The normalized spacial score (nSPS) is 10.3. The summed E-state index contributed by atoms with van der Waals surface area (Å²) in [6.45, 7) is 0. The van der Waals surface area contributed by atoms with Gasteiger partial charge in [-0.15, -0.1) is 0 Å². The lowest BCUT2D eigenvalue weighted by molar-refractivity contribution is 0.109. The number of benzene rings is 1. The number of rotatable bonds is 3. The van der Waals surface area contributed by atoms with Crippen molar-refractivity contribution in [3.63, 3.8) is 0 Å². The second-order valence-corrected chi connectivity index (χ2v) is 2.98. The van der Waals surface area contributed by atoms with Gasteiger partial charge in [0.2, 0.25) is 5.76 Å². The maximum Gasteiger partial charge on any atom is 0.209 e. The van der Waals surface area contributed by atoms with E-state index in [-0.39, 0.29) is 5.76 Å². The van der Waals surface area contributed by atoms with Gasteiger partial charge in [-0.1, -0.05) is 0 Å². The lowest BCUT2D eigenvalue weighted by atomic mass is 10.2. The van der Waals surface area contributed by atoms with Crippen LogP contribution < -0.4 is 9.47 Å². The highest BCUT2D eigenvalue weighted by Crippen LogP contribution is 2.33. The molecule has 2 aromatic rings. The van der Waals surface area contributed by atoms with Gasteiger partial charge < -0.3 is 13.9 Å². The Labute approximate surface area is 86.4 Å². The molecule has 0 fully saturated rings. The largest absolute Gasteiger partial charge is 0.497 e. The van der Waals surface area contributed by atoms with Crippen molar-refractivity contribution in [2.24, 2.45) is 0 Å². The molecule has 0 aliphatic heterocycles. The summed E-state index contributed by atoms with van der Waals surface area (Å²) in [5.74, 6) is 1.33. The van der Waals surface area contributed by atoms with Crippen LogP contribution in [0.25, 0.3) is 11.0 Å². The summed E-state index contributed by atoms with van der Waals surface area (Å²) in [4.78, 5) is 10.7. The smallest absolute Gasteiger partial charge is 0.209 e. The van der Waals surface area contributed by atoms with Crippen molar-refractivity contribution in [1.29, 1.82) is 0 Å². The summed E-state index contributed by atoms with van der Waals surface area (Å²) in [7, 11) is 3.07. The fourth-order valence-corrected chi connectivity index (χ4v) is 1.49. The molecular formula is C11H10O4. The zero-order valence-electron chi connectivity index (χ0n) is 8.44.